The normalized spacial score (nSPS) is 14.7. The fourth-order valence-corrected chi connectivity index (χ4v) is 3.56. The summed E-state index contributed by atoms with van der Waals surface area (Å²) in [5.74, 6) is 0.231. The lowest BCUT2D eigenvalue weighted by Gasteiger charge is -2.26. The number of nitrogens with zero attached hydrogens (tertiary/aromatic N) is 1. The van der Waals surface area contributed by atoms with Gasteiger partial charge in [-0.15, -0.1) is 0 Å². The van der Waals surface area contributed by atoms with Gasteiger partial charge in [0.15, 0.2) is 15.7 Å². The molecule has 1 aromatic rings. The molecule has 1 amide bonds. The van der Waals surface area contributed by atoms with E-state index in [-0.39, 0.29) is 11.2 Å². The molecule has 126 valence electrons. The van der Waals surface area contributed by atoms with Gasteiger partial charge in [0.1, 0.15) is 10.5 Å². The van der Waals surface area contributed by atoms with Crippen molar-refractivity contribution in [1.29, 1.82) is 0 Å². The molecule has 7 heteroatoms. The van der Waals surface area contributed by atoms with Crippen LogP contribution in [0.1, 0.15) is 60.6 Å². The van der Waals surface area contributed by atoms with Gasteiger partial charge in [0, 0.05) is 11.5 Å². The molecule has 0 aliphatic heterocycles. The highest BCUT2D eigenvalue weighted by Gasteiger charge is 2.44. The minimum atomic E-state index is -3.60. The molecule has 1 N–H and O–H groups in total. The first-order chi connectivity index (χ1) is 9.84. The van der Waals surface area contributed by atoms with Gasteiger partial charge in [-0.05, 0) is 27.2 Å². The molecule has 1 heterocycles. The summed E-state index contributed by atoms with van der Waals surface area (Å²) in [7, 11) is -3.60. The van der Waals surface area contributed by atoms with Crippen molar-refractivity contribution in [3.8, 4) is 0 Å². The zero-order valence-electron chi connectivity index (χ0n) is 14.4. The fourth-order valence-electron chi connectivity index (χ4n) is 1.81. The second-order valence-corrected chi connectivity index (χ2v) is 9.97. The van der Waals surface area contributed by atoms with Gasteiger partial charge < -0.3 is 9.84 Å². The van der Waals surface area contributed by atoms with Crippen LogP contribution in [0.4, 0.5) is 5.82 Å². The monoisotopic (exact) mass is 330 g/mol. The number of carbonyl (C=O) groups excluding carboxylic acids is 1. The molecule has 0 fully saturated rings. The summed E-state index contributed by atoms with van der Waals surface area (Å²) >= 11 is 0. The van der Waals surface area contributed by atoms with Crippen molar-refractivity contribution in [2.75, 3.05) is 5.32 Å². The minimum Gasteiger partial charge on any atom is -0.359 e. The molecule has 0 radical (unpaired) electrons. The Balaban J connectivity index is 3.00. The van der Waals surface area contributed by atoms with Gasteiger partial charge in [0.25, 0.3) is 0 Å². The van der Waals surface area contributed by atoms with E-state index in [9.17, 15) is 13.2 Å². The average molecular weight is 330 g/mol. The molecule has 1 atom stereocenters. The van der Waals surface area contributed by atoms with Crippen LogP contribution in [0.25, 0.3) is 0 Å². The fraction of sp³-hybridized carbons (Fsp3) is 0.733. The largest absolute Gasteiger partial charge is 0.359 e. The maximum Gasteiger partial charge on any atom is 0.246 e. The molecule has 0 aliphatic carbocycles. The van der Waals surface area contributed by atoms with Crippen molar-refractivity contribution < 1.29 is 17.7 Å². The molecular formula is C15H26N2O4S. The molecule has 22 heavy (non-hydrogen) atoms. The predicted molar refractivity (Wildman–Crippen MR) is 86.6 cm³/mol. The number of hydrogen-bond donors (Lipinski definition) is 1. The molecule has 0 saturated carbocycles. The highest BCUT2D eigenvalue weighted by molar-refractivity contribution is 7.94. The molecule has 0 spiro atoms. The van der Waals surface area contributed by atoms with E-state index in [1.54, 1.807) is 19.9 Å². The maximum absolute atomic E-state index is 12.5. The lowest BCUT2D eigenvalue weighted by Crippen LogP contribution is -2.48. The SMILES string of the molecule is CCC(C)S(=O)(=O)C(C)(C)C(=O)Nc1cc(C(C)(C)C)on1. The Kier molecular flexibility index (Phi) is 5.11. The Morgan fingerprint density at radius 2 is 1.86 bits per heavy atom. The van der Waals surface area contributed by atoms with Gasteiger partial charge >= 0.3 is 0 Å². The maximum atomic E-state index is 12.5. The third-order valence-electron chi connectivity index (χ3n) is 3.85. The van der Waals surface area contributed by atoms with E-state index in [1.165, 1.54) is 13.8 Å². The van der Waals surface area contributed by atoms with Crippen LogP contribution in [-0.2, 0) is 20.0 Å². The van der Waals surface area contributed by atoms with E-state index >= 15 is 0 Å². The van der Waals surface area contributed by atoms with Crippen LogP contribution in [0.2, 0.25) is 0 Å². The van der Waals surface area contributed by atoms with Crippen LogP contribution in [-0.4, -0.2) is 29.5 Å². The molecule has 0 aliphatic rings. The Bertz CT molecular complexity index is 639. The summed E-state index contributed by atoms with van der Waals surface area (Å²) in [5, 5.41) is 5.73. The van der Waals surface area contributed by atoms with Crippen LogP contribution < -0.4 is 5.32 Å². The number of rotatable bonds is 5. The van der Waals surface area contributed by atoms with E-state index in [1.807, 2.05) is 20.8 Å². The number of carbonyl (C=O) groups is 1. The zero-order chi connectivity index (χ0) is 17.3. The zero-order valence-corrected chi connectivity index (χ0v) is 15.2. The Morgan fingerprint density at radius 1 is 1.32 bits per heavy atom. The van der Waals surface area contributed by atoms with Crippen molar-refractivity contribution in [3.05, 3.63) is 11.8 Å². The lowest BCUT2D eigenvalue weighted by molar-refractivity contribution is -0.117. The van der Waals surface area contributed by atoms with Crippen molar-refractivity contribution in [2.45, 2.75) is 70.3 Å². The molecule has 1 rings (SSSR count). The molecule has 0 bridgehead atoms. The quantitative estimate of drug-likeness (QED) is 0.896. The van der Waals surface area contributed by atoms with Crippen LogP contribution in [0, 0.1) is 0 Å². The first kappa shape index (κ1) is 18.7. The number of aromatic nitrogens is 1. The average Bonchev–Trinajstić information content (AvgIpc) is 2.85. The lowest BCUT2D eigenvalue weighted by atomic mass is 9.93. The summed E-state index contributed by atoms with van der Waals surface area (Å²) in [4.78, 5) is 12.4. The van der Waals surface area contributed by atoms with E-state index < -0.39 is 25.7 Å². The van der Waals surface area contributed by atoms with Gasteiger partial charge in [-0.25, -0.2) is 8.42 Å². The van der Waals surface area contributed by atoms with E-state index in [4.69, 9.17) is 4.52 Å². The Labute approximate surface area is 132 Å². The molecule has 0 aromatic carbocycles. The summed E-state index contributed by atoms with van der Waals surface area (Å²) in [6, 6.07) is 1.61. The van der Waals surface area contributed by atoms with Gasteiger partial charge in [-0.1, -0.05) is 32.9 Å². The molecule has 1 aromatic heterocycles. The molecule has 6 nitrogen and oxygen atoms in total. The van der Waals surface area contributed by atoms with Crippen LogP contribution >= 0.6 is 0 Å². The summed E-state index contributed by atoms with van der Waals surface area (Å²) in [6.07, 6.45) is 0.456. The first-order valence-corrected chi connectivity index (χ1v) is 8.90. The Hall–Kier alpha value is -1.37. The van der Waals surface area contributed by atoms with Gasteiger partial charge in [0.2, 0.25) is 5.91 Å². The summed E-state index contributed by atoms with van der Waals surface area (Å²) in [5.41, 5.74) is -0.242. The smallest absolute Gasteiger partial charge is 0.246 e. The van der Waals surface area contributed by atoms with Gasteiger partial charge in [0.05, 0.1) is 5.25 Å². The van der Waals surface area contributed by atoms with E-state index in [0.29, 0.717) is 12.2 Å². The van der Waals surface area contributed by atoms with Gasteiger partial charge in [-0.2, -0.15) is 0 Å². The predicted octanol–water partition coefficient (Wildman–Crippen LogP) is 2.90. The van der Waals surface area contributed by atoms with Crippen LogP contribution in [0.15, 0.2) is 10.6 Å². The van der Waals surface area contributed by atoms with Crippen molar-refractivity contribution >= 4 is 21.6 Å². The highest BCUT2D eigenvalue weighted by atomic mass is 32.2. The second-order valence-electron chi connectivity index (χ2n) is 7.05. The Morgan fingerprint density at radius 3 is 2.27 bits per heavy atom. The highest BCUT2D eigenvalue weighted by Crippen LogP contribution is 2.27. The minimum absolute atomic E-state index is 0.224. The number of hydrogen-bond acceptors (Lipinski definition) is 5. The van der Waals surface area contributed by atoms with E-state index in [0.717, 1.165) is 0 Å². The third kappa shape index (κ3) is 3.51. The number of anilines is 1. The first-order valence-electron chi connectivity index (χ1n) is 7.36. The second kappa shape index (κ2) is 6.02. The number of nitrogens with one attached hydrogen (secondary N) is 1. The molecule has 0 saturated heterocycles. The number of sulfone groups is 1. The topological polar surface area (TPSA) is 89.3 Å². The van der Waals surface area contributed by atoms with Crippen molar-refractivity contribution in [2.24, 2.45) is 0 Å². The summed E-state index contributed by atoms with van der Waals surface area (Å²) in [6.45, 7) is 12.1. The standard InChI is InChI=1S/C15H26N2O4S/c1-8-10(2)22(19,20)15(6,7)13(18)16-12-9-11(21-17-12)14(3,4)5/h9-10H,8H2,1-7H3,(H,16,17,18). The number of amides is 1. The summed E-state index contributed by atoms with van der Waals surface area (Å²) < 4.78 is 28.6. The van der Waals surface area contributed by atoms with Crippen LogP contribution in [0.3, 0.4) is 0 Å². The van der Waals surface area contributed by atoms with Crippen LogP contribution in [0.5, 0.6) is 0 Å². The van der Waals surface area contributed by atoms with Crippen molar-refractivity contribution in [1.82, 2.24) is 5.16 Å². The van der Waals surface area contributed by atoms with Crippen molar-refractivity contribution in [3.63, 3.8) is 0 Å². The third-order valence-corrected chi connectivity index (χ3v) is 6.85. The van der Waals surface area contributed by atoms with E-state index in [2.05, 4.69) is 10.5 Å². The van der Waals surface area contributed by atoms with Gasteiger partial charge in [-0.3, -0.25) is 4.79 Å². The molecule has 1 unspecified atom stereocenters. The molecular weight excluding hydrogens is 304 g/mol.